The summed E-state index contributed by atoms with van der Waals surface area (Å²) in [7, 11) is 7.62. The van der Waals surface area contributed by atoms with E-state index in [1.165, 1.54) is 0 Å². The predicted octanol–water partition coefficient (Wildman–Crippen LogP) is 5.48. The van der Waals surface area contributed by atoms with Crippen molar-refractivity contribution in [3.05, 3.63) is 78.8 Å². The van der Waals surface area contributed by atoms with Crippen molar-refractivity contribution in [2.24, 2.45) is 0 Å². The summed E-state index contributed by atoms with van der Waals surface area (Å²) in [6.45, 7) is 1.66. The van der Waals surface area contributed by atoms with E-state index < -0.39 is 0 Å². The molecule has 3 aromatic heterocycles. The van der Waals surface area contributed by atoms with Crippen molar-refractivity contribution in [3.63, 3.8) is 0 Å². The number of carbonyl (C=O) groups is 1. The van der Waals surface area contributed by atoms with Gasteiger partial charge in [-0.3, -0.25) is 14.8 Å². The van der Waals surface area contributed by atoms with E-state index in [1.54, 1.807) is 18.2 Å². The van der Waals surface area contributed by atoms with Gasteiger partial charge < -0.3 is 19.5 Å². The number of carbonyl (C=O) groups excluding carboxylic acids is 1. The monoisotopic (exact) mass is 493 g/mol. The Kier molecular flexibility index (Phi) is 6.88. The van der Waals surface area contributed by atoms with Crippen LogP contribution in [0.4, 0.5) is 0 Å². The van der Waals surface area contributed by atoms with E-state index in [-0.39, 0.29) is 5.91 Å². The molecule has 2 aromatic carbocycles. The van der Waals surface area contributed by atoms with Gasteiger partial charge in [-0.25, -0.2) is 0 Å². The second-order valence-corrected chi connectivity index (χ2v) is 9.51. The highest BCUT2D eigenvalue weighted by Gasteiger charge is 2.18. The van der Waals surface area contributed by atoms with Crippen molar-refractivity contribution >= 4 is 27.7 Å². The summed E-state index contributed by atoms with van der Waals surface area (Å²) in [5.41, 5.74) is 6.39. The molecule has 7 heteroatoms. The van der Waals surface area contributed by atoms with Crippen LogP contribution in [0.15, 0.2) is 73.2 Å². The Hall–Kier alpha value is -4.23. The standard InChI is InChI=1S/C30H31N5O2/c1-34(2)15-6-16-35(3)30(36)21-10-8-20(9-11-21)28-27(37-4)13-12-24-29(28)23-17-25(32-19-26(23)33-24)22-7-5-14-31-18-22/h5,7-14,17-19,33H,6,15-16H2,1-4H3. The van der Waals surface area contributed by atoms with Crippen molar-refractivity contribution < 1.29 is 9.53 Å². The van der Waals surface area contributed by atoms with Crippen LogP contribution in [0.1, 0.15) is 16.8 Å². The number of amides is 1. The molecule has 5 rings (SSSR count). The fourth-order valence-electron chi connectivity index (χ4n) is 4.73. The molecule has 0 aliphatic heterocycles. The molecule has 5 aromatic rings. The Bertz CT molecular complexity index is 1540. The van der Waals surface area contributed by atoms with Crippen molar-refractivity contribution in [2.75, 3.05) is 41.3 Å². The molecule has 0 saturated carbocycles. The molecule has 0 radical (unpaired) electrons. The second-order valence-electron chi connectivity index (χ2n) is 9.51. The maximum absolute atomic E-state index is 13.0. The lowest BCUT2D eigenvalue weighted by Crippen LogP contribution is -2.29. The number of pyridine rings is 2. The minimum Gasteiger partial charge on any atom is -0.496 e. The third kappa shape index (κ3) is 4.90. The Balaban J connectivity index is 1.55. The minimum atomic E-state index is 0.0229. The lowest BCUT2D eigenvalue weighted by molar-refractivity contribution is 0.0790. The lowest BCUT2D eigenvalue weighted by atomic mass is 9.97. The van der Waals surface area contributed by atoms with Crippen LogP contribution in [0.25, 0.3) is 44.2 Å². The summed E-state index contributed by atoms with van der Waals surface area (Å²) in [5, 5.41) is 2.11. The molecule has 1 N–H and O–H groups in total. The Morgan fingerprint density at radius 3 is 2.46 bits per heavy atom. The Labute approximate surface area is 216 Å². The molecule has 0 saturated heterocycles. The number of H-pyrrole nitrogens is 1. The first-order chi connectivity index (χ1) is 18.0. The summed E-state index contributed by atoms with van der Waals surface area (Å²) in [4.78, 5) is 29.3. The van der Waals surface area contributed by atoms with E-state index in [1.807, 2.05) is 82.1 Å². The molecule has 1 amide bonds. The van der Waals surface area contributed by atoms with Gasteiger partial charge in [-0.15, -0.1) is 0 Å². The summed E-state index contributed by atoms with van der Waals surface area (Å²) < 4.78 is 5.80. The summed E-state index contributed by atoms with van der Waals surface area (Å²) in [6.07, 6.45) is 6.37. The topological polar surface area (TPSA) is 74.3 Å². The molecule has 0 aliphatic rings. The maximum atomic E-state index is 13.0. The van der Waals surface area contributed by atoms with Gasteiger partial charge in [-0.2, -0.15) is 0 Å². The van der Waals surface area contributed by atoms with Crippen LogP contribution in [0.2, 0.25) is 0 Å². The number of benzene rings is 2. The van der Waals surface area contributed by atoms with Crippen LogP contribution >= 0.6 is 0 Å². The van der Waals surface area contributed by atoms with Crippen molar-refractivity contribution in [2.45, 2.75) is 6.42 Å². The zero-order valence-corrected chi connectivity index (χ0v) is 21.7. The molecule has 188 valence electrons. The lowest BCUT2D eigenvalue weighted by Gasteiger charge is -2.19. The number of fused-ring (bicyclic) bond motifs is 3. The van der Waals surface area contributed by atoms with Crippen LogP contribution in [-0.2, 0) is 0 Å². The van der Waals surface area contributed by atoms with Crippen molar-refractivity contribution in [1.82, 2.24) is 24.8 Å². The van der Waals surface area contributed by atoms with Gasteiger partial charge in [-0.1, -0.05) is 12.1 Å². The molecular formula is C30H31N5O2. The minimum absolute atomic E-state index is 0.0229. The molecular weight excluding hydrogens is 462 g/mol. The van der Waals surface area contributed by atoms with E-state index >= 15 is 0 Å². The first-order valence-corrected chi connectivity index (χ1v) is 12.4. The third-order valence-electron chi connectivity index (χ3n) is 6.65. The first-order valence-electron chi connectivity index (χ1n) is 12.4. The highest BCUT2D eigenvalue weighted by Crippen LogP contribution is 2.41. The van der Waals surface area contributed by atoms with Gasteiger partial charge in [0.2, 0.25) is 0 Å². The molecule has 0 bridgehead atoms. The number of aromatic amines is 1. The highest BCUT2D eigenvalue weighted by atomic mass is 16.5. The van der Waals surface area contributed by atoms with Gasteiger partial charge >= 0.3 is 0 Å². The van der Waals surface area contributed by atoms with Crippen LogP contribution in [-0.4, -0.2) is 72.0 Å². The second kappa shape index (κ2) is 10.4. The summed E-state index contributed by atoms with van der Waals surface area (Å²) >= 11 is 0. The van der Waals surface area contributed by atoms with Gasteiger partial charge in [0.15, 0.2) is 0 Å². The fraction of sp³-hybridized carbons (Fsp3) is 0.233. The predicted molar refractivity (Wildman–Crippen MR) is 149 cm³/mol. The molecule has 7 nitrogen and oxygen atoms in total. The average Bonchev–Trinajstić information content (AvgIpc) is 3.30. The Morgan fingerprint density at radius 1 is 0.946 bits per heavy atom. The molecule has 0 atom stereocenters. The van der Waals surface area contributed by atoms with Gasteiger partial charge in [0, 0.05) is 59.0 Å². The van der Waals surface area contributed by atoms with Crippen LogP contribution < -0.4 is 4.74 Å². The maximum Gasteiger partial charge on any atom is 0.253 e. The van der Waals surface area contributed by atoms with E-state index in [9.17, 15) is 4.79 Å². The van der Waals surface area contributed by atoms with Crippen LogP contribution in [0, 0.1) is 0 Å². The van der Waals surface area contributed by atoms with Crippen molar-refractivity contribution in [3.8, 4) is 28.1 Å². The molecule has 3 heterocycles. The van der Waals surface area contributed by atoms with E-state index in [0.29, 0.717) is 12.1 Å². The molecule has 0 aliphatic carbocycles. The zero-order chi connectivity index (χ0) is 25.9. The molecule has 0 unspecified atom stereocenters. The van der Waals surface area contributed by atoms with Gasteiger partial charge in [0.1, 0.15) is 5.75 Å². The van der Waals surface area contributed by atoms with Gasteiger partial charge in [-0.05, 0) is 75.1 Å². The highest BCUT2D eigenvalue weighted by molar-refractivity contribution is 6.16. The van der Waals surface area contributed by atoms with Crippen molar-refractivity contribution in [1.29, 1.82) is 0 Å². The van der Waals surface area contributed by atoms with Gasteiger partial charge in [0.05, 0.1) is 24.5 Å². The largest absolute Gasteiger partial charge is 0.496 e. The van der Waals surface area contributed by atoms with E-state index in [4.69, 9.17) is 4.74 Å². The number of methoxy groups -OCH3 is 1. The smallest absolute Gasteiger partial charge is 0.253 e. The summed E-state index contributed by atoms with van der Waals surface area (Å²) in [6, 6.07) is 17.8. The normalized spacial score (nSPS) is 11.4. The van der Waals surface area contributed by atoms with Crippen LogP contribution in [0.5, 0.6) is 5.75 Å². The zero-order valence-electron chi connectivity index (χ0n) is 21.7. The number of hydrogen-bond acceptors (Lipinski definition) is 5. The molecule has 37 heavy (non-hydrogen) atoms. The number of aromatic nitrogens is 3. The number of hydrogen-bond donors (Lipinski definition) is 1. The third-order valence-corrected chi connectivity index (χ3v) is 6.65. The summed E-state index contributed by atoms with van der Waals surface area (Å²) in [5.74, 6) is 0.794. The first kappa shape index (κ1) is 24.5. The van der Waals surface area contributed by atoms with Gasteiger partial charge in [0.25, 0.3) is 5.91 Å². The number of nitrogens with one attached hydrogen (secondary N) is 1. The number of rotatable bonds is 8. The van der Waals surface area contributed by atoms with E-state index in [0.717, 1.165) is 62.9 Å². The molecule has 0 spiro atoms. The Morgan fingerprint density at radius 2 is 1.76 bits per heavy atom. The SMILES string of the molecule is COc1ccc2[nH]c3cnc(-c4cccnc4)cc3c2c1-c1ccc(C(=O)N(C)CCCN(C)C)cc1. The number of ether oxygens (including phenoxy) is 1. The van der Waals surface area contributed by atoms with Crippen LogP contribution in [0.3, 0.4) is 0 Å². The van der Waals surface area contributed by atoms with E-state index in [2.05, 4.69) is 25.9 Å². The quantitative estimate of drug-likeness (QED) is 0.310. The fourth-order valence-corrected chi connectivity index (χ4v) is 4.73. The molecule has 0 fully saturated rings. The average molecular weight is 494 g/mol. The number of nitrogens with zero attached hydrogens (tertiary/aromatic N) is 4.